The molecule has 4 fully saturated rings. The van der Waals surface area contributed by atoms with E-state index in [2.05, 4.69) is 20.8 Å². The van der Waals surface area contributed by atoms with Crippen LogP contribution in [0.5, 0.6) is 5.75 Å². The summed E-state index contributed by atoms with van der Waals surface area (Å²) in [5.74, 6) is 4.12. The van der Waals surface area contributed by atoms with E-state index in [9.17, 15) is 13.6 Å². The second-order valence-electron chi connectivity index (χ2n) is 11.9. The molecule has 4 saturated carbocycles. The SMILES string of the molecule is CC1CCC2C(CCC3C2CCC2(C)C(C(=O)COc4ccc(F)cc4F)CC(C)C32)C1. The summed E-state index contributed by atoms with van der Waals surface area (Å²) in [5, 5.41) is 0. The highest BCUT2D eigenvalue weighted by Crippen LogP contribution is 2.66. The van der Waals surface area contributed by atoms with Gasteiger partial charge in [0.2, 0.25) is 0 Å². The molecule has 0 heterocycles. The van der Waals surface area contributed by atoms with E-state index >= 15 is 0 Å². The molecular weight excluding hydrogens is 406 g/mol. The lowest BCUT2D eigenvalue weighted by Gasteiger charge is -2.56. The minimum Gasteiger partial charge on any atom is -0.483 e. The maximum Gasteiger partial charge on any atom is 0.173 e. The zero-order valence-electron chi connectivity index (χ0n) is 19.8. The van der Waals surface area contributed by atoms with E-state index < -0.39 is 11.6 Å². The van der Waals surface area contributed by atoms with Crippen molar-refractivity contribution >= 4 is 5.78 Å². The zero-order valence-corrected chi connectivity index (χ0v) is 19.8. The Balaban J connectivity index is 1.30. The Hall–Kier alpha value is -1.45. The summed E-state index contributed by atoms with van der Waals surface area (Å²) in [6, 6.07) is 3.24. The number of Topliss-reactive ketones (excluding diaryl/α,β-unsaturated/α-hetero) is 1. The number of fused-ring (bicyclic) bond motifs is 5. The molecule has 9 unspecified atom stereocenters. The molecule has 4 heteroatoms. The van der Waals surface area contributed by atoms with Gasteiger partial charge in [-0.3, -0.25) is 4.79 Å². The first kappa shape index (κ1) is 22.3. The van der Waals surface area contributed by atoms with Gasteiger partial charge in [0.05, 0.1) is 0 Å². The summed E-state index contributed by atoms with van der Waals surface area (Å²) >= 11 is 0. The Morgan fingerprint density at radius 3 is 2.59 bits per heavy atom. The van der Waals surface area contributed by atoms with Gasteiger partial charge in [-0.1, -0.05) is 27.2 Å². The summed E-state index contributed by atoms with van der Waals surface area (Å²) in [5.41, 5.74) is 0.0250. The van der Waals surface area contributed by atoms with Gasteiger partial charge < -0.3 is 4.74 Å². The van der Waals surface area contributed by atoms with Gasteiger partial charge in [0, 0.05) is 12.0 Å². The monoisotopic (exact) mass is 444 g/mol. The average Bonchev–Trinajstić information content (AvgIpc) is 3.03. The molecule has 0 spiro atoms. The van der Waals surface area contributed by atoms with Gasteiger partial charge in [-0.25, -0.2) is 8.78 Å². The van der Waals surface area contributed by atoms with Crippen molar-refractivity contribution in [2.24, 2.45) is 52.8 Å². The topological polar surface area (TPSA) is 26.3 Å². The summed E-state index contributed by atoms with van der Waals surface area (Å²) in [6.45, 7) is 7.01. The molecule has 0 saturated heterocycles. The Bertz CT molecular complexity index is 869. The number of rotatable bonds is 4. The van der Waals surface area contributed by atoms with Gasteiger partial charge in [0.25, 0.3) is 0 Å². The van der Waals surface area contributed by atoms with Crippen LogP contribution in [0, 0.1) is 64.4 Å². The van der Waals surface area contributed by atoms with Crippen LogP contribution < -0.4 is 4.74 Å². The van der Waals surface area contributed by atoms with Gasteiger partial charge >= 0.3 is 0 Å². The van der Waals surface area contributed by atoms with Crippen molar-refractivity contribution in [2.75, 3.05) is 6.61 Å². The molecule has 1 aromatic carbocycles. The minimum atomic E-state index is -0.749. The largest absolute Gasteiger partial charge is 0.483 e. The lowest BCUT2D eigenvalue weighted by Crippen LogP contribution is -2.50. The molecule has 0 radical (unpaired) electrons. The zero-order chi connectivity index (χ0) is 22.6. The van der Waals surface area contributed by atoms with Crippen LogP contribution in [0.2, 0.25) is 0 Å². The minimum absolute atomic E-state index is 0.0175. The lowest BCUT2D eigenvalue weighted by atomic mass is 9.48. The standard InChI is InChI=1S/C28H38F2O2/c1-16-4-7-20-18(12-16)5-8-22-21(20)10-11-28(3)23(13-17(2)27(22)28)25(31)15-32-26-9-6-19(29)14-24(26)30/h6,9,14,16-18,20-23,27H,4-5,7-8,10-13,15H2,1-3H3. The molecule has 2 nitrogen and oxygen atoms in total. The average molecular weight is 445 g/mol. The van der Waals surface area contributed by atoms with Crippen molar-refractivity contribution in [1.29, 1.82) is 0 Å². The summed E-state index contributed by atoms with van der Waals surface area (Å²) in [4.78, 5) is 13.3. The fourth-order valence-corrected chi connectivity index (χ4v) is 8.97. The van der Waals surface area contributed by atoms with Crippen LogP contribution in [0.3, 0.4) is 0 Å². The fraction of sp³-hybridized carbons (Fsp3) is 0.750. The van der Waals surface area contributed by atoms with E-state index in [-0.39, 0.29) is 29.5 Å². The van der Waals surface area contributed by atoms with E-state index in [1.807, 2.05) is 0 Å². The van der Waals surface area contributed by atoms with E-state index in [4.69, 9.17) is 4.74 Å². The van der Waals surface area contributed by atoms with Crippen LogP contribution in [0.25, 0.3) is 0 Å². The van der Waals surface area contributed by atoms with E-state index in [0.29, 0.717) is 11.8 Å². The Labute approximate surface area is 191 Å². The lowest BCUT2D eigenvalue weighted by molar-refractivity contribution is -0.132. The van der Waals surface area contributed by atoms with Gasteiger partial charge in [-0.2, -0.15) is 0 Å². The second kappa shape index (κ2) is 8.40. The van der Waals surface area contributed by atoms with Crippen molar-refractivity contribution in [3.8, 4) is 5.75 Å². The van der Waals surface area contributed by atoms with Crippen molar-refractivity contribution in [1.82, 2.24) is 0 Å². The molecule has 0 amide bonds. The Morgan fingerprint density at radius 1 is 1.03 bits per heavy atom. The quantitative estimate of drug-likeness (QED) is 0.497. The van der Waals surface area contributed by atoms with Gasteiger partial charge in [-0.15, -0.1) is 0 Å². The second-order valence-corrected chi connectivity index (χ2v) is 11.9. The number of benzene rings is 1. The maximum absolute atomic E-state index is 14.0. The third-order valence-electron chi connectivity index (χ3n) is 10.2. The highest BCUT2D eigenvalue weighted by molar-refractivity contribution is 5.83. The molecular formula is C28H38F2O2. The van der Waals surface area contributed by atoms with Gasteiger partial charge in [0.15, 0.2) is 17.3 Å². The number of halogens is 2. The molecule has 1 aromatic rings. The molecule has 4 aliphatic carbocycles. The van der Waals surface area contributed by atoms with Crippen molar-refractivity contribution < 1.29 is 18.3 Å². The number of carbonyl (C=O) groups excluding carboxylic acids is 1. The van der Waals surface area contributed by atoms with Crippen LogP contribution in [-0.4, -0.2) is 12.4 Å². The van der Waals surface area contributed by atoms with Crippen LogP contribution in [0.15, 0.2) is 18.2 Å². The van der Waals surface area contributed by atoms with Crippen LogP contribution in [-0.2, 0) is 4.79 Å². The van der Waals surface area contributed by atoms with Crippen molar-refractivity contribution in [3.63, 3.8) is 0 Å². The molecule has 0 bridgehead atoms. The van der Waals surface area contributed by atoms with Crippen molar-refractivity contribution in [2.45, 2.75) is 72.1 Å². The van der Waals surface area contributed by atoms with Crippen LogP contribution in [0.4, 0.5) is 8.78 Å². The first-order valence-corrected chi connectivity index (χ1v) is 12.9. The van der Waals surface area contributed by atoms with E-state index in [1.165, 1.54) is 50.7 Å². The molecule has 5 rings (SSSR count). The predicted octanol–water partition coefficient (Wildman–Crippen LogP) is 7.06. The number of hydrogen-bond donors (Lipinski definition) is 0. The maximum atomic E-state index is 14.0. The molecule has 4 aliphatic rings. The molecule has 0 N–H and O–H groups in total. The highest BCUT2D eigenvalue weighted by Gasteiger charge is 2.60. The first-order valence-electron chi connectivity index (χ1n) is 12.9. The third-order valence-corrected chi connectivity index (χ3v) is 10.2. The number of ether oxygens (including phenoxy) is 1. The third kappa shape index (κ3) is 3.70. The smallest absolute Gasteiger partial charge is 0.173 e. The normalized spacial score (nSPS) is 43.2. The molecule has 0 aliphatic heterocycles. The first-order chi connectivity index (χ1) is 15.3. The predicted molar refractivity (Wildman–Crippen MR) is 121 cm³/mol. The summed E-state index contributed by atoms with van der Waals surface area (Å²) in [7, 11) is 0. The number of ketones is 1. The fourth-order valence-electron chi connectivity index (χ4n) is 8.97. The molecule has 9 atom stereocenters. The molecule has 176 valence electrons. The van der Waals surface area contributed by atoms with E-state index in [0.717, 1.165) is 48.5 Å². The Morgan fingerprint density at radius 2 is 1.81 bits per heavy atom. The number of carbonyl (C=O) groups is 1. The summed E-state index contributed by atoms with van der Waals surface area (Å²) in [6.07, 6.45) is 10.2. The number of hydrogen-bond acceptors (Lipinski definition) is 2. The van der Waals surface area contributed by atoms with Crippen LogP contribution in [0.1, 0.15) is 72.1 Å². The van der Waals surface area contributed by atoms with Gasteiger partial charge in [0.1, 0.15) is 12.4 Å². The van der Waals surface area contributed by atoms with Crippen LogP contribution >= 0.6 is 0 Å². The molecule has 0 aromatic heterocycles. The van der Waals surface area contributed by atoms with Crippen molar-refractivity contribution in [3.05, 3.63) is 29.8 Å². The van der Waals surface area contributed by atoms with Gasteiger partial charge in [-0.05, 0) is 104 Å². The Kier molecular flexibility index (Phi) is 5.87. The highest BCUT2D eigenvalue weighted by atomic mass is 19.1. The van der Waals surface area contributed by atoms with E-state index in [1.54, 1.807) is 0 Å². The molecule has 32 heavy (non-hydrogen) atoms. The summed E-state index contributed by atoms with van der Waals surface area (Å²) < 4.78 is 32.6.